The van der Waals surface area contributed by atoms with Gasteiger partial charge in [-0.2, -0.15) is 0 Å². The zero-order valence-electron chi connectivity index (χ0n) is 8.83. The van der Waals surface area contributed by atoms with Crippen molar-refractivity contribution < 1.29 is 13.2 Å². The van der Waals surface area contributed by atoms with E-state index in [0.29, 0.717) is 6.54 Å². The van der Waals surface area contributed by atoms with E-state index in [2.05, 4.69) is 10.6 Å². The van der Waals surface area contributed by atoms with Crippen molar-refractivity contribution in [2.75, 3.05) is 25.9 Å². The fourth-order valence-electron chi connectivity index (χ4n) is 0.740. The Labute approximate surface area is 85.2 Å². The maximum atomic E-state index is 11.3. The number of rotatable bonds is 6. The first-order chi connectivity index (χ1) is 6.40. The van der Waals surface area contributed by atoms with Crippen LogP contribution in [0.25, 0.3) is 0 Å². The monoisotopic (exact) mass is 222 g/mol. The number of sulfone groups is 1. The Hall–Kier alpha value is -0.620. The molecule has 0 fully saturated rings. The number of amides is 1. The molecule has 1 amide bonds. The molecule has 0 aromatic carbocycles. The van der Waals surface area contributed by atoms with Crippen LogP contribution < -0.4 is 10.6 Å². The second kappa shape index (κ2) is 5.98. The highest BCUT2D eigenvalue weighted by atomic mass is 32.2. The van der Waals surface area contributed by atoms with Crippen LogP contribution in [0.2, 0.25) is 0 Å². The number of hydrogen-bond acceptors (Lipinski definition) is 4. The maximum absolute atomic E-state index is 11.3. The Kier molecular flexibility index (Phi) is 5.71. The van der Waals surface area contributed by atoms with Gasteiger partial charge in [0, 0.05) is 13.6 Å². The molecule has 0 saturated carbocycles. The van der Waals surface area contributed by atoms with Gasteiger partial charge in [-0.05, 0) is 13.8 Å². The zero-order valence-corrected chi connectivity index (χ0v) is 9.65. The lowest BCUT2D eigenvalue weighted by atomic mass is 10.5. The molecule has 0 aromatic heterocycles. The summed E-state index contributed by atoms with van der Waals surface area (Å²) in [7, 11) is -1.46. The van der Waals surface area contributed by atoms with Crippen molar-refractivity contribution in [3.05, 3.63) is 0 Å². The summed E-state index contributed by atoms with van der Waals surface area (Å²) in [6.45, 7) is 3.76. The van der Waals surface area contributed by atoms with Gasteiger partial charge in [0.2, 0.25) is 5.91 Å². The largest absolute Gasteiger partial charge is 0.358 e. The minimum Gasteiger partial charge on any atom is -0.358 e. The van der Waals surface area contributed by atoms with Crippen LogP contribution in [0.5, 0.6) is 0 Å². The number of nitrogens with one attached hydrogen (secondary N) is 2. The SMILES string of the molecule is CNC(=O)CNCCS(=O)(=O)C(C)C. The summed E-state index contributed by atoms with van der Waals surface area (Å²) in [6, 6.07) is 0. The molecule has 0 aliphatic heterocycles. The van der Waals surface area contributed by atoms with Gasteiger partial charge in [-0.1, -0.05) is 0 Å². The van der Waals surface area contributed by atoms with Gasteiger partial charge >= 0.3 is 0 Å². The molecule has 0 aromatic rings. The second-order valence-corrected chi connectivity index (χ2v) is 5.94. The third-order valence-electron chi connectivity index (χ3n) is 1.85. The van der Waals surface area contributed by atoms with E-state index in [-0.39, 0.29) is 23.5 Å². The van der Waals surface area contributed by atoms with Crippen LogP contribution in [-0.4, -0.2) is 45.5 Å². The lowest BCUT2D eigenvalue weighted by Gasteiger charge is -2.07. The molecule has 6 heteroatoms. The van der Waals surface area contributed by atoms with E-state index >= 15 is 0 Å². The highest BCUT2D eigenvalue weighted by Gasteiger charge is 2.14. The molecule has 84 valence electrons. The molecule has 0 aliphatic carbocycles. The Morgan fingerprint density at radius 1 is 1.36 bits per heavy atom. The minimum absolute atomic E-state index is 0.0711. The number of likely N-dealkylation sites (N-methyl/N-ethyl adjacent to an activating group) is 1. The first kappa shape index (κ1) is 13.4. The molecule has 0 saturated heterocycles. The average molecular weight is 222 g/mol. The van der Waals surface area contributed by atoms with Gasteiger partial charge in [0.05, 0.1) is 17.5 Å². The van der Waals surface area contributed by atoms with Crippen LogP contribution in [0.15, 0.2) is 0 Å². The number of hydrogen-bond donors (Lipinski definition) is 2. The molecule has 0 radical (unpaired) electrons. The summed E-state index contributed by atoms with van der Waals surface area (Å²) in [5.74, 6) is -0.0753. The molecule has 0 atom stereocenters. The Morgan fingerprint density at radius 3 is 2.36 bits per heavy atom. The van der Waals surface area contributed by atoms with Crippen molar-refractivity contribution in [2.45, 2.75) is 19.1 Å². The fraction of sp³-hybridized carbons (Fsp3) is 0.875. The summed E-state index contributed by atoms with van der Waals surface area (Å²) < 4.78 is 22.6. The maximum Gasteiger partial charge on any atom is 0.233 e. The third kappa shape index (κ3) is 5.18. The van der Waals surface area contributed by atoms with Crippen LogP contribution in [0.1, 0.15) is 13.8 Å². The second-order valence-electron chi connectivity index (χ2n) is 3.27. The normalized spacial score (nSPS) is 11.7. The number of carbonyl (C=O) groups excluding carboxylic acids is 1. The summed E-state index contributed by atoms with van der Waals surface area (Å²) in [4.78, 5) is 10.7. The van der Waals surface area contributed by atoms with Crippen LogP contribution in [-0.2, 0) is 14.6 Å². The van der Waals surface area contributed by atoms with Gasteiger partial charge < -0.3 is 10.6 Å². The molecule has 14 heavy (non-hydrogen) atoms. The molecular formula is C8H18N2O3S. The fourth-order valence-corrected chi connectivity index (χ4v) is 1.64. The Bertz CT molecular complexity index is 272. The lowest BCUT2D eigenvalue weighted by molar-refractivity contribution is -0.119. The van der Waals surface area contributed by atoms with E-state index < -0.39 is 9.84 Å². The molecule has 0 spiro atoms. The van der Waals surface area contributed by atoms with E-state index in [4.69, 9.17) is 0 Å². The van der Waals surface area contributed by atoms with E-state index in [1.54, 1.807) is 13.8 Å². The predicted octanol–water partition coefficient (Wildman–Crippen LogP) is -0.855. The van der Waals surface area contributed by atoms with Crippen molar-refractivity contribution in [1.82, 2.24) is 10.6 Å². The van der Waals surface area contributed by atoms with E-state index in [1.165, 1.54) is 7.05 Å². The topological polar surface area (TPSA) is 75.3 Å². The number of carbonyl (C=O) groups is 1. The van der Waals surface area contributed by atoms with Crippen molar-refractivity contribution in [3.63, 3.8) is 0 Å². The summed E-state index contributed by atoms with van der Waals surface area (Å²) in [6.07, 6.45) is 0. The molecule has 0 bridgehead atoms. The van der Waals surface area contributed by atoms with Gasteiger partial charge in [-0.3, -0.25) is 4.79 Å². The molecule has 0 aliphatic rings. The van der Waals surface area contributed by atoms with Crippen LogP contribution >= 0.6 is 0 Å². The van der Waals surface area contributed by atoms with Crippen molar-refractivity contribution in [2.24, 2.45) is 0 Å². The lowest BCUT2D eigenvalue weighted by Crippen LogP contribution is -2.35. The van der Waals surface area contributed by atoms with Crippen LogP contribution in [0, 0.1) is 0 Å². The zero-order chi connectivity index (χ0) is 11.2. The van der Waals surface area contributed by atoms with Gasteiger partial charge in [-0.15, -0.1) is 0 Å². The summed E-state index contributed by atoms with van der Waals surface area (Å²) >= 11 is 0. The van der Waals surface area contributed by atoms with Crippen LogP contribution in [0.3, 0.4) is 0 Å². The molecule has 0 rings (SSSR count). The van der Waals surface area contributed by atoms with E-state index in [1.807, 2.05) is 0 Å². The van der Waals surface area contributed by atoms with E-state index in [0.717, 1.165) is 0 Å². The molecule has 2 N–H and O–H groups in total. The summed E-state index contributed by atoms with van der Waals surface area (Å²) in [5.41, 5.74) is 0. The standard InChI is InChI=1S/C8H18N2O3S/c1-7(2)14(12,13)5-4-10-6-8(11)9-3/h7,10H,4-6H2,1-3H3,(H,9,11). The van der Waals surface area contributed by atoms with Gasteiger partial charge in [-0.25, -0.2) is 8.42 Å². The smallest absolute Gasteiger partial charge is 0.233 e. The highest BCUT2D eigenvalue weighted by Crippen LogP contribution is 1.98. The van der Waals surface area contributed by atoms with Gasteiger partial charge in [0.15, 0.2) is 9.84 Å². The molecule has 0 unspecified atom stereocenters. The first-order valence-electron chi connectivity index (χ1n) is 4.53. The van der Waals surface area contributed by atoms with Crippen molar-refractivity contribution in [3.8, 4) is 0 Å². The van der Waals surface area contributed by atoms with Crippen molar-refractivity contribution in [1.29, 1.82) is 0 Å². The van der Waals surface area contributed by atoms with Gasteiger partial charge in [0.25, 0.3) is 0 Å². The van der Waals surface area contributed by atoms with Crippen LogP contribution in [0.4, 0.5) is 0 Å². The molecule has 0 heterocycles. The highest BCUT2D eigenvalue weighted by molar-refractivity contribution is 7.92. The van der Waals surface area contributed by atoms with E-state index in [9.17, 15) is 13.2 Å². The third-order valence-corrected chi connectivity index (χ3v) is 4.06. The minimum atomic E-state index is -3.00. The predicted molar refractivity (Wildman–Crippen MR) is 55.9 cm³/mol. The first-order valence-corrected chi connectivity index (χ1v) is 6.24. The Morgan fingerprint density at radius 2 is 1.93 bits per heavy atom. The molecule has 5 nitrogen and oxygen atoms in total. The Balaban J connectivity index is 3.71. The summed E-state index contributed by atoms with van der Waals surface area (Å²) in [5, 5.41) is 4.83. The van der Waals surface area contributed by atoms with Crippen molar-refractivity contribution >= 4 is 15.7 Å². The quantitative estimate of drug-likeness (QED) is 0.574. The molecular weight excluding hydrogens is 204 g/mol. The van der Waals surface area contributed by atoms with Gasteiger partial charge in [0.1, 0.15) is 0 Å². The average Bonchev–Trinajstić information content (AvgIpc) is 2.11.